The summed E-state index contributed by atoms with van der Waals surface area (Å²) < 4.78 is 34.7. The first-order chi connectivity index (χ1) is 15.4. The van der Waals surface area contributed by atoms with Gasteiger partial charge in [-0.25, -0.2) is 0 Å². The van der Waals surface area contributed by atoms with Gasteiger partial charge in [0.1, 0.15) is 5.75 Å². The summed E-state index contributed by atoms with van der Waals surface area (Å²) in [4.78, 5) is 17.0. The molecule has 2 fully saturated rings. The van der Waals surface area contributed by atoms with Gasteiger partial charge in [-0.05, 0) is 49.4 Å². The van der Waals surface area contributed by atoms with Crippen LogP contribution in [0.3, 0.4) is 0 Å². The van der Waals surface area contributed by atoms with E-state index in [0.29, 0.717) is 32.7 Å². The van der Waals surface area contributed by atoms with Crippen molar-refractivity contribution in [3.8, 4) is 5.75 Å². The standard InChI is InChI=1S/C23H36N4O4S/c1-24(20-8-4-3-5-9-20)32(29,30)26-15-13-25(14-16-26)18-23(28)27-12-6-7-19-17-21(31-2)10-11-22(19)27/h10-11,17,20H,3-9,12-16,18H2,1-2H3. The fraction of sp³-hybridized carbons (Fsp3) is 0.696. The molecule has 0 unspecified atom stereocenters. The fourth-order valence-electron chi connectivity index (χ4n) is 5.17. The van der Waals surface area contributed by atoms with Gasteiger partial charge in [-0.3, -0.25) is 9.69 Å². The third-order valence-electron chi connectivity index (χ3n) is 7.18. The van der Waals surface area contributed by atoms with Crippen molar-refractivity contribution in [1.82, 2.24) is 13.5 Å². The number of aryl methyl sites for hydroxylation is 1. The van der Waals surface area contributed by atoms with Gasteiger partial charge in [0.05, 0.1) is 13.7 Å². The first-order valence-electron chi connectivity index (χ1n) is 11.8. The van der Waals surface area contributed by atoms with Crippen LogP contribution in [-0.2, 0) is 21.4 Å². The molecule has 0 N–H and O–H groups in total. The Hall–Kier alpha value is -1.68. The second-order valence-electron chi connectivity index (χ2n) is 9.13. The van der Waals surface area contributed by atoms with Crippen LogP contribution in [-0.4, -0.2) is 87.3 Å². The third kappa shape index (κ3) is 4.95. The highest BCUT2D eigenvalue weighted by Crippen LogP contribution is 2.31. The van der Waals surface area contributed by atoms with E-state index >= 15 is 0 Å². The summed E-state index contributed by atoms with van der Waals surface area (Å²) in [7, 11) is -0.0686. The lowest BCUT2D eigenvalue weighted by Gasteiger charge is -2.39. The number of amides is 1. The lowest BCUT2D eigenvalue weighted by atomic mass is 9.96. The zero-order chi connectivity index (χ0) is 22.7. The predicted octanol–water partition coefficient (Wildman–Crippen LogP) is 2.10. The first-order valence-corrected chi connectivity index (χ1v) is 13.2. The minimum atomic E-state index is -3.45. The number of methoxy groups -OCH3 is 1. The van der Waals surface area contributed by atoms with Crippen LogP contribution in [0, 0.1) is 0 Å². The molecule has 1 saturated heterocycles. The molecule has 1 amide bonds. The number of carbonyl (C=O) groups excluding carboxylic acids is 1. The highest BCUT2D eigenvalue weighted by molar-refractivity contribution is 7.86. The molecule has 32 heavy (non-hydrogen) atoms. The van der Waals surface area contributed by atoms with E-state index in [1.54, 1.807) is 22.8 Å². The Morgan fingerprint density at radius 2 is 1.78 bits per heavy atom. The summed E-state index contributed by atoms with van der Waals surface area (Å²) in [6, 6.07) is 6.00. The summed E-state index contributed by atoms with van der Waals surface area (Å²) >= 11 is 0. The van der Waals surface area contributed by atoms with Gasteiger partial charge in [0.15, 0.2) is 0 Å². The minimum absolute atomic E-state index is 0.0757. The monoisotopic (exact) mass is 464 g/mol. The molecule has 1 aromatic rings. The zero-order valence-electron chi connectivity index (χ0n) is 19.3. The Morgan fingerprint density at radius 3 is 2.47 bits per heavy atom. The number of benzene rings is 1. The number of hydrogen-bond donors (Lipinski definition) is 0. The first kappa shape index (κ1) is 23.5. The Labute approximate surface area is 192 Å². The quantitative estimate of drug-likeness (QED) is 0.645. The smallest absolute Gasteiger partial charge is 0.282 e. The fourth-order valence-corrected chi connectivity index (χ4v) is 6.75. The average Bonchev–Trinajstić information content (AvgIpc) is 2.83. The molecule has 0 radical (unpaired) electrons. The molecule has 2 heterocycles. The van der Waals surface area contributed by atoms with Crippen LogP contribution in [0.15, 0.2) is 18.2 Å². The summed E-state index contributed by atoms with van der Waals surface area (Å²) in [6.07, 6.45) is 7.19. The molecule has 0 aromatic heterocycles. The van der Waals surface area contributed by atoms with Crippen molar-refractivity contribution in [1.29, 1.82) is 0 Å². The van der Waals surface area contributed by atoms with E-state index in [1.165, 1.54) is 6.42 Å². The Bertz CT molecular complexity index is 909. The molecule has 1 saturated carbocycles. The van der Waals surface area contributed by atoms with Crippen LogP contribution in [0.25, 0.3) is 0 Å². The van der Waals surface area contributed by atoms with Crippen LogP contribution in [0.4, 0.5) is 5.69 Å². The Kier molecular flexibility index (Phi) is 7.39. The minimum Gasteiger partial charge on any atom is -0.497 e. The van der Waals surface area contributed by atoms with E-state index in [1.807, 2.05) is 23.1 Å². The van der Waals surface area contributed by atoms with Crippen molar-refractivity contribution in [3.05, 3.63) is 23.8 Å². The van der Waals surface area contributed by atoms with Crippen molar-refractivity contribution in [2.24, 2.45) is 0 Å². The van der Waals surface area contributed by atoms with Crippen LogP contribution >= 0.6 is 0 Å². The van der Waals surface area contributed by atoms with Gasteiger partial charge in [-0.2, -0.15) is 17.0 Å². The molecule has 1 aliphatic carbocycles. The third-order valence-corrected chi connectivity index (χ3v) is 9.22. The number of nitrogens with zero attached hydrogens (tertiary/aromatic N) is 4. The van der Waals surface area contributed by atoms with Crippen molar-refractivity contribution >= 4 is 21.8 Å². The number of carbonyl (C=O) groups is 1. The van der Waals surface area contributed by atoms with Crippen molar-refractivity contribution in [2.45, 2.75) is 51.0 Å². The normalized spacial score (nSPS) is 21.5. The zero-order valence-corrected chi connectivity index (χ0v) is 20.1. The number of ether oxygens (including phenoxy) is 1. The van der Waals surface area contributed by atoms with E-state index in [0.717, 1.165) is 62.1 Å². The maximum absolute atomic E-state index is 13.1. The lowest BCUT2D eigenvalue weighted by molar-refractivity contribution is -0.120. The van der Waals surface area contributed by atoms with Gasteiger partial charge in [0.2, 0.25) is 5.91 Å². The average molecular weight is 465 g/mol. The molecule has 0 atom stereocenters. The molecule has 178 valence electrons. The maximum Gasteiger partial charge on any atom is 0.282 e. The second-order valence-corrected chi connectivity index (χ2v) is 11.1. The predicted molar refractivity (Wildman–Crippen MR) is 125 cm³/mol. The van der Waals surface area contributed by atoms with Crippen LogP contribution in [0.1, 0.15) is 44.1 Å². The number of anilines is 1. The highest BCUT2D eigenvalue weighted by atomic mass is 32.2. The van der Waals surface area contributed by atoms with E-state index in [2.05, 4.69) is 4.90 Å². The molecule has 0 spiro atoms. The molecule has 3 aliphatic rings. The molecular formula is C23H36N4O4S. The van der Waals surface area contributed by atoms with Gasteiger partial charge in [0.25, 0.3) is 10.2 Å². The lowest BCUT2D eigenvalue weighted by Crippen LogP contribution is -2.55. The summed E-state index contributed by atoms with van der Waals surface area (Å²) in [5.41, 5.74) is 2.11. The van der Waals surface area contributed by atoms with Crippen LogP contribution in [0.5, 0.6) is 5.75 Å². The van der Waals surface area contributed by atoms with Gasteiger partial charge in [-0.15, -0.1) is 0 Å². The summed E-state index contributed by atoms with van der Waals surface area (Å²) in [6.45, 7) is 3.05. The van der Waals surface area contributed by atoms with E-state index < -0.39 is 10.2 Å². The van der Waals surface area contributed by atoms with Crippen LogP contribution in [0.2, 0.25) is 0 Å². The van der Waals surface area contributed by atoms with Crippen molar-refractivity contribution in [3.63, 3.8) is 0 Å². The topological polar surface area (TPSA) is 73.4 Å². The van der Waals surface area contributed by atoms with E-state index in [4.69, 9.17) is 4.74 Å². The Morgan fingerprint density at radius 1 is 1.06 bits per heavy atom. The largest absolute Gasteiger partial charge is 0.497 e. The summed E-state index contributed by atoms with van der Waals surface area (Å²) in [5, 5.41) is 0. The molecule has 2 aliphatic heterocycles. The molecule has 8 nitrogen and oxygen atoms in total. The highest BCUT2D eigenvalue weighted by Gasteiger charge is 2.35. The summed E-state index contributed by atoms with van der Waals surface area (Å²) in [5.74, 6) is 0.889. The van der Waals surface area contributed by atoms with Crippen molar-refractivity contribution in [2.75, 3.05) is 58.3 Å². The van der Waals surface area contributed by atoms with Gasteiger partial charge in [-0.1, -0.05) is 19.3 Å². The molecular weight excluding hydrogens is 428 g/mol. The second kappa shape index (κ2) is 10.1. The van der Waals surface area contributed by atoms with Crippen LogP contribution < -0.4 is 9.64 Å². The van der Waals surface area contributed by atoms with E-state index in [9.17, 15) is 13.2 Å². The number of hydrogen-bond acceptors (Lipinski definition) is 5. The maximum atomic E-state index is 13.1. The van der Waals surface area contributed by atoms with Gasteiger partial charge < -0.3 is 9.64 Å². The number of piperazine rings is 1. The molecule has 4 rings (SSSR count). The number of rotatable bonds is 6. The SMILES string of the molecule is COc1ccc2c(c1)CCCN2C(=O)CN1CCN(S(=O)(=O)N(C)C2CCCCC2)CC1. The van der Waals surface area contributed by atoms with Gasteiger partial charge in [0, 0.05) is 51.5 Å². The van der Waals surface area contributed by atoms with E-state index in [-0.39, 0.29) is 11.9 Å². The Balaban J connectivity index is 1.33. The molecule has 0 bridgehead atoms. The molecule has 9 heteroatoms. The number of fused-ring (bicyclic) bond motifs is 1. The van der Waals surface area contributed by atoms with Gasteiger partial charge >= 0.3 is 0 Å². The van der Waals surface area contributed by atoms with Crippen molar-refractivity contribution < 1.29 is 17.9 Å². The molecule has 1 aromatic carbocycles.